The van der Waals surface area contributed by atoms with Crippen molar-refractivity contribution in [2.75, 3.05) is 20.1 Å². The van der Waals surface area contributed by atoms with Gasteiger partial charge in [0.15, 0.2) is 0 Å². The third kappa shape index (κ3) is 3.36. The number of piperidine rings is 1. The number of carbonyl (C=O) groups is 1. The molecule has 2 aromatic rings. The molecule has 2 fully saturated rings. The minimum Gasteiger partial charge on any atom is -0.339 e. The third-order valence-corrected chi connectivity index (χ3v) is 6.40. The fraction of sp³-hybridized carbons (Fsp3) is 0.391. The molecule has 4 nitrogen and oxygen atoms in total. The predicted molar refractivity (Wildman–Crippen MR) is 105 cm³/mol. The molecule has 2 aliphatic heterocycles. The van der Waals surface area contributed by atoms with E-state index in [0.29, 0.717) is 5.56 Å². The van der Waals surface area contributed by atoms with Crippen LogP contribution in [-0.4, -0.2) is 41.4 Å². The van der Waals surface area contributed by atoms with Crippen LogP contribution in [0.4, 0.5) is 0 Å². The van der Waals surface area contributed by atoms with Gasteiger partial charge in [-0.1, -0.05) is 42.5 Å². The summed E-state index contributed by atoms with van der Waals surface area (Å²) < 4.78 is 0. The van der Waals surface area contributed by atoms with Gasteiger partial charge in [-0.25, -0.2) is 0 Å². The average Bonchev–Trinajstić information content (AvgIpc) is 2.96. The normalized spacial score (nSPS) is 22.1. The Morgan fingerprint density at radius 1 is 1.07 bits per heavy atom. The van der Waals surface area contributed by atoms with Crippen molar-refractivity contribution >= 4 is 5.91 Å². The highest BCUT2D eigenvalue weighted by Crippen LogP contribution is 2.44. The molecule has 0 saturated carbocycles. The van der Waals surface area contributed by atoms with Crippen LogP contribution in [0.3, 0.4) is 0 Å². The summed E-state index contributed by atoms with van der Waals surface area (Å²) in [7, 11) is 1.99. The van der Waals surface area contributed by atoms with Crippen molar-refractivity contribution in [2.45, 2.75) is 37.3 Å². The quantitative estimate of drug-likeness (QED) is 0.842. The van der Waals surface area contributed by atoms with Crippen molar-refractivity contribution in [3.63, 3.8) is 0 Å². The lowest BCUT2D eigenvalue weighted by Crippen LogP contribution is -2.51. The molecular weight excluding hydrogens is 334 g/mol. The number of benzene rings is 2. The van der Waals surface area contributed by atoms with E-state index in [4.69, 9.17) is 5.26 Å². The molecule has 138 valence electrons. The Morgan fingerprint density at radius 2 is 1.74 bits per heavy atom. The summed E-state index contributed by atoms with van der Waals surface area (Å²) in [5.41, 5.74) is 3.09. The summed E-state index contributed by atoms with van der Waals surface area (Å²) in [6.45, 7) is 2.90. The van der Waals surface area contributed by atoms with Crippen LogP contribution in [0.1, 0.15) is 41.9 Å². The lowest BCUT2D eigenvalue weighted by molar-refractivity contribution is -0.131. The van der Waals surface area contributed by atoms with Crippen molar-refractivity contribution in [2.24, 2.45) is 0 Å². The molecular formula is C23H25N3O. The van der Waals surface area contributed by atoms with E-state index < -0.39 is 0 Å². The SMILES string of the molecule is CN1C(=O)[C@@H](c2ccccc2)CC12CCN(Cc1ccc(C#N)cc1)CC2. The number of likely N-dealkylation sites (tertiary alicyclic amines) is 2. The lowest BCUT2D eigenvalue weighted by Gasteiger charge is -2.43. The van der Waals surface area contributed by atoms with Gasteiger partial charge in [0.1, 0.15) is 0 Å². The van der Waals surface area contributed by atoms with Crippen LogP contribution in [-0.2, 0) is 11.3 Å². The summed E-state index contributed by atoms with van der Waals surface area (Å²) in [4.78, 5) is 17.4. The molecule has 1 amide bonds. The standard InChI is InChI=1S/C23H25N3O/c1-25-22(27)21(20-5-3-2-4-6-20)15-23(25)11-13-26(14-12-23)17-19-9-7-18(16-24)8-10-19/h2-10,21H,11-15,17H2,1H3/t21-/m1/s1. The van der Waals surface area contributed by atoms with Gasteiger partial charge in [-0.05, 0) is 42.5 Å². The summed E-state index contributed by atoms with van der Waals surface area (Å²) in [5.74, 6) is 0.267. The van der Waals surface area contributed by atoms with E-state index in [1.807, 2.05) is 54.4 Å². The molecule has 0 bridgehead atoms. The number of carbonyl (C=O) groups excluding carboxylic acids is 1. The van der Waals surface area contributed by atoms with Crippen LogP contribution in [0.25, 0.3) is 0 Å². The second kappa shape index (κ2) is 7.17. The molecule has 0 N–H and O–H groups in total. The first-order valence-electron chi connectivity index (χ1n) is 9.65. The van der Waals surface area contributed by atoms with Gasteiger partial charge in [0.25, 0.3) is 0 Å². The van der Waals surface area contributed by atoms with Crippen LogP contribution in [0.5, 0.6) is 0 Å². The zero-order chi connectivity index (χ0) is 18.9. The topological polar surface area (TPSA) is 47.3 Å². The molecule has 0 radical (unpaired) electrons. The van der Waals surface area contributed by atoms with Gasteiger partial charge in [-0.2, -0.15) is 5.26 Å². The first-order valence-corrected chi connectivity index (χ1v) is 9.65. The predicted octanol–water partition coefficient (Wildman–Crippen LogP) is 3.54. The summed E-state index contributed by atoms with van der Waals surface area (Å²) in [6, 6.07) is 20.2. The Balaban J connectivity index is 1.42. The molecule has 2 heterocycles. The molecule has 2 saturated heterocycles. The van der Waals surface area contributed by atoms with Crippen LogP contribution in [0.2, 0.25) is 0 Å². The number of hydrogen-bond donors (Lipinski definition) is 0. The smallest absolute Gasteiger partial charge is 0.230 e. The van der Waals surface area contributed by atoms with Crippen molar-refractivity contribution in [3.8, 4) is 6.07 Å². The maximum Gasteiger partial charge on any atom is 0.230 e. The van der Waals surface area contributed by atoms with E-state index in [9.17, 15) is 4.79 Å². The summed E-state index contributed by atoms with van der Waals surface area (Å²) in [6.07, 6.45) is 2.97. The minimum atomic E-state index is -0.00123. The Labute approximate surface area is 161 Å². The third-order valence-electron chi connectivity index (χ3n) is 6.40. The van der Waals surface area contributed by atoms with Crippen LogP contribution < -0.4 is 0 Å². The fourth-order valence-electron chi connectivity index (χ4n) is 4.63. The number of amides is 1. The molecule has 4 heteroatoms. The molecule has 2 aliphatic rings. The molecule has 27 heavy (non-hydrogen) atoms. The molecule has 0 unspecified atom stereocenters. The number of hydrogen-bond acceptors (Lipinski definition) is 3. The largest absolute Gasteiger partial charge is 0.339 e. The lowest BCUT2D eigenvalue weighted by atomic mass is 9.81. The Kier molecular flexibility index (Phi) is 4.72. The molecule has 0 aromatic heterocycles. The van der Waals surface area contributed by atoms with Gasteiger partial charge in [0, 0.05) is 32.2 Å². The zero-order valence-electron chi connectivity index (χ0n) is 15.8. The Morgan fingerprint density at radius 3 is 2.37 bits per heavy atom. The second-order valence-corrected chi connectivity index (χ2v) is 7.87. The van der Waals surface area contributed by atoms with Gasteiger partial charge >= 0.3 is 0 Å². The molecule has 1 spiro atoms. The van der Waals surface area contributed by atoms with Gasteiger partial charge in [-0.3, -0.25) is 9.69 Å². The van der Waals surface area contributed by atoms with E-state index in [1.54, 1.807) is 0 Å². The van der Waals surface area contributed by atoms with Crippen molar-refractivity contribution in [3.05, 3.63) is 71.3 Å². The van der Waals surface area contributed by atoms with E-state index >= 15 is 0 Å². The maximum absolute atomic E-state index is 12.9. The zero-order valence-corrected chi connectivity index (χ0v) is 15.8. The van der Waals surface area contributed by atoms with E-state index in [2.05, 4.69) is 23.1 Å². The summed E-state index contributed by atoms with van der Waals surface area (Å²) >= 11 is 0. The van der Waals surface area contributed by atoms with E-state index in [-0.39, 0.29) is 17.4 Å². The number of rotatable bonds is 3. The van der Waals surface area contributed by atoms with Gasteiger partial charge in [0.05, 0.1) is 17.6 Å². The maximum atomic E-state index is 12.9. The highest BCUT2D eigenvalue weighted by Gasteiger charge is 2.50. The highest BCUT2D eigenvalue weighted by atomic mass is 16.2. The minimum absolute atomic E-state index is 0.00118. The Hall–Kier alpha value is -2.64. The monoisotopic (exact) mass is 359 g/mol. The number of nitriles is 1. The van der Waals surface area contributed by atoms with Gasteiger partial charge in [-0.15, -0.1) is 0 Å². The van der Waals surface area contributed by atoms with E-state index in [0.717, 1.165) is 44.5 Å². The van der Waals surface area contributed by atoms with Crippen LogP contribution in [0, 0.1) is 11.3 Å². The van der Waals surface area contributed by atoms with Crippen LogP contribution >= 0.6 is 0 Å². The fourth-order valence-corrected chi connectivity index (χ4v) is 4.63. The molecule has 4 rings (SSSR count). The second-order valence-electron chi connectivity index (χ2n) is 7.87. The van der Waals surface area contributed by atoms with Gasteiger partial charge in [0.2, 0.25) is 5.91 Å². The first kappa shape index (κ1) is 17.8. The Bertz CT molecular complexity index is 845. The number of nitrogens with zero attached hydrogens (tertiary/aromatic N) is 3. The van der Waals surface area contributed by atoms with E-state index in [1.165, 1.54) is 5.56 Å². The first-order chi connectivity index (χ1) is 13.1. The van der Waals surface area contributed by atoms with Gasteiger partial charge < -0.3 is 4.90 Å². The summed E-state index contributed by atoms with van der Waals surface area (Å²) in [5, 5.41) is 8.93. The number of likely N-dealkylation sites (N-methyl/N-ethyl adjacent to an activating group) is 1. The van der Waals surface area contributed by atoms with Crippen LogP contribution in [0.15, 0.2) is 54.6 Å². The van der Waals surface area contributed by atoms with Crippen molar-refractivity contribution < 1.29 is 4.79 Å². The highest BCUT2D eigenvalue weighted by molar-refractivity contribution is 5.87. The average molecular weight is 359 g/mol. The molecule has 1 atom stereocenters. The van der Waals surface area contributed by atoms with Crippen molar-refractivity contribution in [1.82, 2.24) is 9.80 Å². The molecule has 0 aliphatic carbocycles. The molecule has 2 aromatic carbocycles. The van der Waals surface area contributed by atoms with Crippen molar-refractivity contribution in [1.29, 1.82) is 5.26 Å².